The highest BCUT2D eigenvalue weighted by Gasteiger charge is 2.37. The Hall–Kier alpha value is -2.13. The van der Waals surface area contributed by atoms with Crippen LogP contribution in [0.4, 0.5) is 5.69 Å². The fourth-order valence-corrected chi connectivity index (χ4v) is 2.58. The molecule has 1 aliphatic heterocycles. The number of hydrogen-bond donors (Lipinski definition) is 0. The van der Waals surface area contributed by atoms with E-state index in [1.165, 1.54) is 4.90 Å². The van der Waals surface area contributed by atoms with Crippen molar-refractivity contribution in [3.63, 3.8) is 0 Å². The van der Waals surface area contributed by atoms with Gasteiger partial charge in [0.2, 0.25) is 0 Å². The molecule has 100 valence electrons. The highest BCUT2D eigenvalue weighted by Crippen LogP contribution is 2.33. The number of nitrogens with zero attached hydrogens (tertiary/aromatic N) is 1. The van der Waals surface area contributed by atoms with Crippen molar-refractivity contribution < 1.29 is 9.59 Å². The first kappa shape index (κ1) is 12.9. The maximum atomic E-state index is 12.5. The molecule has 0 spiro atoms. The highest BCUT2D eigenvalue weighted by molar-refractivity contribution is 6.36. The van der Waals surface area contributed by atoms with Crippen LogP contribution in [0.3, 0.4) is 0 Å². The second kappa shape index (κ2) is 4.46. The molecule has 0 saturated heterocycles. The van der Waals surface area contributed by atoms with E-state index in [1.807, 2.05) is 13.0 Å². The molecule has 4 heteroatoms. The average molecular weight is 286 g/mol. The molecule has 2 aromatic rings. The summed E-state index contributed by atoms with van der Waals surface area (Å²) in [6.45, 7) is 3.69. The van der Waals surface area contributed by atoms with Gasteiger partial charge in [0.1, 0.15) is 0 Å². The maximum absolute atomic E-state index is 12.5. The van der Waals surface area contributed by atoms with Gasteiger partial charge in [0.15, 0.2) is 0 Å². The minimum absolute atomic E-state index is 0.293. The predicted molar refractivity (Wildman–Crippen MR) is 78.5 cm³/mol. The molecular weight excluding hydrogens is 274 g/mol. The van der Waals surface area contributed by atoms with Gasteiger partial charge in [-0.25, -0.2) is 4.90 Å². The van der Waals surface area contributed by atoms with Crippen LogP contribution in [0.2, 0.25) is 5.02 Å². The fraction of sp³-hybridized carbons (Fsp3) is 0.125. The Morgan fingerprint density at radius 2 is 1.65 bits per heavy atom. The first-order valence-corrected chi connectivity index (χ1v) is 6.63. The number of rotatable bonds is 1. The van der Waals surface area contributed by atoms with E-state index in [0.717, 1.165) is 11.1 Å². The summed E-state index contributed by atoms with van der Waals surface area (Å²) >= 11 is 6.07. The van der Waals surface area contributed by atoms with E-state index in [0.29, 0.717) is 21.8 Å². The number of imide groups is 1. The second-order valence-corrected chi connectivity index (χ2v) is 5.29. The van der Waals surface area contributed by atoms with Crippen LogP contribution in [-0.4, -0.2) is 11.8 Å². The Bertz CT molecular complexity index is 752. The molecule has 0 saturated carbocycles. The lowest BCUT2D eigenvalue weighted by molar-refractivity contribution is 0.0926. The van der Waals surface area contributed by atoms with Crippen molar-refractivity contribution in [2.24, 2.45) is 0 Å². The Morgan fingerprint density at radius 1 is 0.950 bits per heavy atom. The van der Waals surface area contributed by atoms with Crippen LogP contribution in [0.5, 0.6) is 0 Å². The SMILES string of the molecule is Cc1ccc2c(c1)C(=O)N(c1cccc(Cl)c1C)C2=O. The van der Waals surface area contributed by atoms with Gasteiger partial charge in [-0.2, -0.15) is 0 Å². The zero-order chi connectivity index (χ0) is 14.4. The van der Waals surface area contributed by atoms with Crippen molar-refractivity contribution in [3.05, 3.63) is 63.7 Å². The number of carbonyl (C=O) groups excluding carboxylic acids is 2. The van der Waals surface area contributed by atoms with Crippen molar-refractivity contribution >= 4 is 29.1 Å². The van der Waals surface area contributed by atoms with E-state index in [2.05, 4.69) is 0 Å². The van der Waals surface area contributed by atoms with Crippen LogP contribution in [0.15, 0.2) is 36.4 Å². The van der Waals surface area contributed by atoms with Crippen LogP contribution in [0, 0.1) is 13.8 Å². The molecule has 0 unspecified atom stereocenters. The molecule has 0 atom stereocenters. The zero-order valence-corrected chi connectivity index (χ0v) is 11.9. The number of halogens is 1. The Labute approximate surface area is 121 Å². The molecule has 0 aromatic heterocycles. The molecule has 3 rings (SSSR count). The fourth-order valence-electron chi connectivity index (χ4n) is 2.41. The lowest BCUT2D eigenvalue weighted by Crippen LogP contribution is -2.30. The number of amides is 2. The third-order valence-electron chi connectivity index (χ3n) is 3.52. The number of benzene rings is 2. The van der Waals surface area contributed by atoms with Crippen molar-refractivity contribution in [3.8, 4) is 0 Å². The van der Waals surface area contributed by atoms with E-state index >= 15 is 0 Å². The maximum Gasteiger partial charge on any atom is 0.266 e. The van der Waals surface area contributed by atoms with Gasteiger partial charge in [0.05, 0.1) is 16.8 Å². The highest BCUT2D eigenvalue weighted by atomic mass is 35.5. The molecule has 2 amide bonds. The first-order valence-electron chi connectivity index (χ1n) is 6.25. The number of carbonyl (C=O) groups is 2. The third kappa shape index (κ3) is 1.74. The van der Waals surface area contributed by atoms with Crippen molar-refractivity contribution in [1.29, 1.82) is 0 Å². The zero-order valence-electron chi connectivity index (χ0n) is 11.1. The first-order chi connectivity index (χ1) is 9.50. The smallest absolute Gasteiger partial charge is 0.266 e. The van der Waals surface area contributed by atoms with E-state index < -0.39 is 0 Å². The summed E-state index contributed by atoms with van der Waals surface area (Å²) in [5.41, 5.74) is 3.12. The molecule has 0 fully saturated rings. The van der Waals surface area contributed by atoms with Crippen LogP contribution >= 0.6 is 11.6 Å². The van der Waals surface area contributed by atoms with Crippen molar-refractivity contribution in [2.45, 2.75) is 13.8 Å². The summed E-state index contributed by atoms with van der Waals surface area (Å²) in [7, 11) is 0. The van der Waals surface area contributed by atoms with Gasteiger partial charge >= 0.3 is 0 Å². The minimum Gasteiger partial charge on any atom is -0.268 e. The molecule has 0 aliphatic carbocycles. The van der Waals surface area contributed by atoms with E-state index in [1.54, 1.807) is 37.3 Å². The normalized spacial score (nSPS) is 13.8. The molecule has 3 nitrogen and oxygen atoms in total. The molecule has 0 bridgehead atoms. The van der Waals surface area contributed by atoms with Crippen LogP contribution < -0.4 is 4.90 Å². The largest absolute Gasteiger partial charge is 0.268 e. The second-order valence-electron chi connectivity index (χ2n) is 4.88. The summed E-state index contributed by atoms with van der Waals surface area (Å²) in [5, 5.41) is 0.537. The lowest BCUT2D eigenvalue weighted by atomic mass is 10.1. The topological polar surface area (TPSA) is 37.4 Å². The molecule has 2 aromatic carbocycles. The van der Waals surface area contributed by atoms with Crippen molar-refractivity contribution in [2.75, 3.05) is 4.90 Å². The quantitative estimate of drug-likeness (QED) is 0.748. The summed E-state index contributed by atoms with van der Waals surface area (Å²) in [5.74, 6) is -0.588. The molecule has 1 heterocycles. The predicted octanol–water partition coefficient (Wildman–Crippen LogP) is 3.76. The lowest BCUT2D eigenvalue weighted by Gasteiger charge is -2.17. The van der Waals surface area contributed by atoms with Gasteiger partial charge in [-0.1, -0.05) is 29.3 Å². The molecule has 0 radical (unpaired) electrons. The van der Waals surface area contributed by atoms with Gasteiger partial charge in [-0.3, -0.25) is 9.59 Å². The Balaban J connectivity index is 2.17. The van der Waals surface area contributed by atoms with E-state index in [9.17, 15) is 9.59 Å². The molecule has 20 heavy (non-hydrogen) atoms. The summed E-state index contributed by atoms with van der Waals surface area (Å²) in [6.07, 6.45) is 0. The number of hydrogen-bond acceptors (Lipinski definition) is 2. The Morgan fingerprint density at radius 3 is 2.40 bits per heavy atom. The van der Waals surface area contributed by atoms with Crippen LogP contribution in [-0.2, 0) is 0 Å². The molecule has 0 N–H and O–H groups in total. The summed E-state index contributed by atoms with van der Waals surface area (Å²) < 4.78 is 0. The number of anilines is 1. The summed E-state index contributed by atoms with van der Waals surface area (Å²) in [4.78, 5) is 26.1. The number of fused-ring (bicyclic) bond motifs is 1. The van der Waals surface area contributed by atoms with Crippen LogP contribution in [0.25, 0.3) is 0 Å². The standard InChI is InChI=1S/C16H12ClNO2/c1-9-6-7-11-12(8-9)16(20)18(15(11)19)14-5-3-4-13(17)10(14)2/h3-8H,1-2H3. The Kier molecular flexibility index (Phi) is 2.87. The van der Waals surface area contributed by atoms with E-state index in [4.69, 9.17) is 11.6 Å². The third-order valence-corrected chi connectivity index (χ3v) is 3.93. The van der Waals surface area contributed by atoms with Gasteiger partial charge in [0.25, 0.3) is 11.8 Å². The van der Waals surface area contributed by atoms with Crippen LogP contribution in [0.1, 0.15) is 31.8 Å². The van der Waals surface area contributed by atoms with Gasteiger partial charge in [-0.15, -0.1) is 0 Å². The van der Waals surface area contributed by atoms with Gasteiger partial charge < -0.3 is 0 Å². The van der Waals surface area contributed by atoms with Gasteiger partial charge in [0, 0.05) is 5.02 Å². The summed E-state index contributed by atoms with van der Waals surface area (Å²) in [6, 6.07) is 10.5. The minimum atomic E-state index is -0.296. The van der Waals surface area contributed by atoms with Crippen molar-refractivity contribution in [1.82, 2.24) is 0 Å². The average Bonchev–Trinajstić information content (AvgIpc) is 2.65. The van der Waals surface area contributed by atoms with E-state index in [-0.39, 0.29) is 11.8 Å². The molecule has 1 aliphatic rings. The molecular formula is C16H12ClNO2. The van der Waals surface area contributed by atoms with Gasteiger partial charge in [-0.05, 0) is 43.7 Å². The number of aryl methyl sites for hydroxylation is 1. The monoisotopic (exact) mass is 285 g/mol.